The van der Waals surface area contributed by atoms with Crippen molar-refractivity contribution in [2.45, 2.75) is 11.8 Å². The number of anilines is 2. The third-order valence-electron chi connectivity index (χ3n) is 3.89. The highest BCUT2D eigenvalue weighted by atomic mass is 79.9. The van der Waals surface area contributed by atoms with Crippen LogP contribution in [-0.2, 0) is 10.0 Å². The average molecular weight is 463 g/mol. The first-order valence-electron chi connectivity index (χ1n) is 8.20. The molecule has 3 aromatic rings. The van der Waals surface area contributed by atoms with E-state index in [0.717, 1.165) is 5.56 Å². The van der Waals surface area contributed by atoms with Gasteiger partial charge < -0.3 is 5.32 Å². The molecule has 1 amide bonds. The summed E-state index contributed by atoms with van der Waals surface area (Å²) >= 11 is 3.15. The van der Waals surface area contributed by atoms with Crippen LogP contribution in [0.1, 0.15) is 15.9 Å². The third-order valence-corrected chi connectivity index (χ3v) is 5.78. The second kappa shape index (κ2) is 8.12. The van der Waals surface area contributed by atoms with Crippen molar-refractivity contribution in [3.63, 3.8) is 0 Å². The quantitative estimate of drug-likeness (QED) is 0.563. The van der Waals surface area contributed by atoms with E-state index in [0.29, 0.717) is 4.47 Å². The number of halogens is 2. The van der Waals surface area contributed by atoms with E-state index in [1.54, 1.807) is 24.3 Å². The van der Waals surface area contributed by atoms with Gasteiger partial charge in [-0.25, -0.2) is 12.8 Å². The van der Waals surface area contributed by atoms with Crippen molar-refractivity contribution in [2.24, 2.45) is 0 Å². The summed E-state index contributed by atoms with van der Waals surface area (Å²) in [4.78, 5) is 12.5. The second-order valence-corrected chi connectivity index (χ2v) is 8.68. The number of benzene rings is 3. The fourth-order valence-electron chi connectivity index (χ4n) is 2.44. The third kappa shape index (κ3) is 4.76. The van der Waals surface area contributed by atoms with Crippen LogP contribution in [-0.4, -0.2) is 14.3 Å². The van der Waals surface area contributed by atoms with E-state index in [4.69, 9.17) is 0 Å². The van der Waals surface area contributed by atoms with Crippen LogP contribution >= 0.6 is 15.9 Å². The van der Waals surface area contributed by atoms with Gasteiger partial charge in [0.05, 0.1) is 10.6 Å². The van der Waals surface area contributed by atoms with Crippen LogP contribution < -0.4 is 10.0 Å². The fourth-order valence-corrected chi connectivity index (χ4v) is 3.82. The topological polar surface area (TPSA) is 75.3 Å². The van der Waals surface area contributed by atoms with E-state index >= 15 is 0 Å². The van der Waals surface area contributed by atoms with Crippen molar-refractivity contribution in [1.29, 1.82) is 0 Å². The van der Waals surface area contributed by atoms with Crippen LogP contribution in [0, 0.1) is 12.7 Å². The fraction of sp³-hybridized carbons (Fsp3) is 0.0500. The maximum atomic E-state index is 13.9. The molecule has 0 radical (unpaired) electrons. The Morgan fingerprint density at radius 1 is 1.00 bits per heavy atom. The molecule has 28 heavy (non-hydrogen) atoms. The first kappa shape index (κ1) is 20.0. The molecular weight excluding hydrogens is 447 g/mol. The first-order chi connectivity index (χ1) is 13.2. The lowest BCUT2D eigenvalue weighted by atomic mass is 10.2. The molecule has 0 saturated carbocycles. The molecule has 5 nitrogen and oxygen atoms in total. The van der Waals surface area contributed by atoms with E-state index in [1.165, 1.54) is 42.5 Å². The Kier molecular flexibility index (Phi) is 5.81. The van der Waals surface area contributed by atoms with Crippen molar-refractivity contribution in [2.75, 3.05) is 10.0 Å². The summed E-state index contributed by atoms with van der Waals surface area (Å²) in [6.07, 6.45) is 0. The van der Waals surface area contributed by atoms with Crippen LogP contribution in [0.2, 0.25) is 0 Å². The molecule has 0 bridgehead atoms. The highest BCUT2D eigenvalue weighted by Gasteiger charge is 2.15. The lowest BCUT2D eigenvalue weighted by Gasteiger charge is -2.11. The van der Waals surface area contributed by atoms with Gasteiger partial charge >= 0.3 is 0 Å². The summed E-state index contributed by atoms with van der Waals surface area (Å²) in [7, 11) is -3.79. The normalized spacial score (nSPS) is 11.1. The molecule has 0 heterocycles. The van der Waals surface area contributed by atoms with Gasteiger partial charge in [0, 0.05) is 15.7 Å². The van der Waals surface area contributed by atoms with Gasteiger partial charge in [0.25, 0.3) is 15.9 Å². The highest BCUT2D eigenvalue weighted by Crippen LogP contribution is 2.21. The van der Waals surface area contributed by atoms with Gasteiger partial charge in [-0.2, -0.15) is 0 Å². The summed E-state index contributed by atoms with van der Waals surface area (Å²) in [6.45, 7) is 1.86. The number of hydrogen-bond donors (Lipinski definition) is 2. The molecule has 144 valence electrons. The van der Waals surface area contributed by atoms with Crippen LogP contribution in [0.25, 0.3) is 0 Å². The van der Waals surface area contributed by atoms with Gasteiger partial charge in [-0.15, -0.1) is 0 Å². The smallest absolute Gasteiger partial charge is 0.261 e. The molecule has 2 N–H and O–H groups in total. The molecule has 0 aliphatic heterocycles. The second-order valence-electron chi connectivity index (χ2n) is 6.08. The van der Waals surface area contributed by atoms with Gasteiger partial charge in [-0.3, -0.25) is 9.52 Å². The predicted molar refractivity (Wildman–Crippen MR) is 110 cm³/mol. The van der Waals surface area contributed by atoms with E-state index in [1.807, 2.05) is 6.92 Å². The molecule has 0 atom stereocenters. The first-order valence-corrected chi connectivity index (χ1v) is 10.5. The van der Waals surface area contributed by atoms with E-state index in [-0.39, 0.29) is 21.8 Å². The van der Waals surface area contributed by atoms with Gasteiger partial charge in [0.2, 0.25) is 0 Å². The number of sulfonamides is 1. The number of aryl methyl sites for hydroxylation is 1. The zero-order valence-corrected chi connectivity index (χ0v) is 17.1. The molecule has 0 fully saturated rings. The number of nitrogens with one attached hydrogen (secondary N) is 2. The van der Waals surface area contributed by atoms with Crippen molar-refractivity contribution in [3.05, 3.63) is 88.1 Å². The van der Waals surface area contributed by atoms with Crippen molar-refractivity contribution >= 4 is 43.2 Å². The molecule has 0 unspecified atom stereocenters. The minimum absolute atomic E-state index is 0.0267. The minimum Gasteiger partial charge on any atom is -0.319 e. The number of carbonyl (C=O) groups excluding carboxylic acids is 1. The molecule has 8 heteroatoms. The molecular formula is C20H16BrFN2O3S. The zero-order chi connectivity index (χ0) is 20.3. The van der Waals surface area contributed by atoms with Crippen molar-refractivity contribution in [3.8, 4) is 0 Å². The van der Waals surface area contributed by atoms with E-state index in [2.05, 4.69) is 26.0 Å². The zero-order valence-electron chi connectivity index (χ0n) is 14.7. The lowest BCUT2D eigenvalue weighted by Crippen LogP contribution is -2.15. The SMILES string of the molecule is Cc1ccc(S(=O)(=O)Nc2cccc(C(=O)Nc3ccc(Br)cc3F)c2)cc1. The molecule has 3 rings (SSSR count). The standard InChI is InChI=1S/C20H16BrFN2O3S/c1-13-5-8-17(9-6-13)28(26,27)24-16-4-2-3-14(11-16)20(25)23-19-10-7-15(21)12-18(19)22/h2-12,24H,1H3,(H,23,25). The highest BCUT2D eigenvalue weighted by molar-refractivity contribution is 9.10. The Morgan fingerprint density at radius 2 is 1.71 bits per heavy atom. The van der Waals surface area contributed by atoms with Crippen LogP contribution in [0.3, 0.4) is 0 Å². The maximum absolute atomic E-state index is 13.9. The summed E-state index contributed by atoms with van der Waals surface area (Å²) in [5.41, 5.74) is 1.38. The largest absolute Gasteiger partial charge is 0.319 e. The average Bonchev–Trinajstić information content (AvgIpc) is 2.64. The number of carbonyl (C=O) groups is 1. The maximum Gasteiger partial charge on any atom is 0.261 e. The summed E-state index contributed by atoms with van der Waals surface area (Å²) in [5, 5.41) is 2.47. The van der Waals surface area contributed by atoms with E-state index in [9.17, 15) is 17.6 Å². The number of amides is 1. The van der Waals surface area contributed by atoms with Crippen molar-refractivity contribution in [1.82, 2.24) is 0 Å². The Labute approximate surface area is 170 Å². The van der Waals surface area contributed by atoms with Gasteiger partial charge in [0.15, 0.2) is 0 Å². The Hall–Kier alpha value is -2.71. The molecule has 0 aliphatic carbocycles. The number of hydrogen-bond acceptors (Lipinski definition) is 3. The molecule has 3 aromatic carbocycles. The predicted octanol–water partition coefficient (Wildman–Crippen LogP) is 4.95. The Bertz CT molecular complexity index is 1130. The van der Waals surface area contributed by atoms with Gasteiger partial charge in [-0.1, -0.05) is 39.7 Å². The van der Waals surface area contributed by atoms with Crippen LogP contribution in [0.5, 0.6) is 0 Å². The molecule has 0 aromatic heterocycles. The summed E-state index contributed by atoms with van der Waals surface area (Å²) in [6, 6.07) is 16.6. The molecule has 0 spiro atoms. The van der Waals surface area contributed by atoms with Crippen molar-refractivity contribution < 1.29 is 17.6 Å². The Balaban J connectivity index is 1.79. The van der Waals surface area contributed by atoms with Gasteiger partial charge in [0.1, 0.15) is 5.82 Å². The monoisotopic (exact) mass is 462 g/mol. The summed E-state index contributed by atoms with van der Waals surface area (Å²) < 4.78 is 41.9. The Morgan fingerprint density at radius 3 is 2.39 bits per heavy atom. The molecule has 0 saturated heterocycles. The lowest BCUT2D eigenvalue weighted by molar-refractivity contribution is 0.102. The minimum atomic E-state index is -3.79. The van der Waals surface area contributed by atoms with Gasteiger partial charge in [-0.05, 0) is 55.5 Å². The van der Waals surface area contributed by atoms with Crippen LogP contribution in [0.4, 0.5) is 15.8 Å². The summed E-state index contributed by atoms with van der Waals surface area (Å²) in [5.74, 6) is -1.14. The van der Waals surface area contributed by atoms with E-state index < -0.39 is 21.7 Å². The number of rotatable bonds is 5. The van der Waals surface area contributed by atoms with Crippen LogP contribution in [0.15, 0.2) is 76.1 Å². The molecule has 0 aliphatic rings.